The quantitative estimate of drug-likeness (QED) is 0.0302. The van der Waals surface area contributed by atoms with Crippen LogP contribution in [0.3, 0.4) is 0 Å². The molecule has 1 rings (SSSR count). The summed E-state index contributed by atoms with van der Waals surface area (Å²) >= 11 is 0. The number of allylic oxidation sites excluding steroid dienone is 1. The molecule has 0 aromatic carbocycles. The van der Waals surface area contributed by atoms with Gasteiger partial charge in [-0.1, -0.05) is 176 Å². The second-order valence-corrected chi connectivity index (χ2v) is 15.8. The molecule has 0 spiro atoms. The van der Waals surface area contributed by atoms with Crippen LogP contribution in [0.5, 0.6) is 0 Å². The van der Waals surface area contributed by atoms with Crippen LogP contribution in [0, 0.1) is 0 Å². The lowest BCUT2D eigenvalue weighted by atomic mass is 9.85. The maximum absolute atomic E-state index is 13.9. The fourth-order valence-electron chi connectivity index (χ4n) is 6.55. The van der Waals surface area contributed by atoms with Crippen molar-refractivity contribution >= 4 is 25.6 Å². The summed E-state index contributed by atoms with van der Waals surface area (Å²) in [5, 5.41) is 0. The van der Waals surface area contributed by atoms with E-state index in [1.165, 1.54) is 141 Å². The van der Waals surface area contributed by atoms with Crippen molar-refractivity contribution in [3.63, 3.8) is 0 Å². The number of ketones is 2. The highest BCUT2D eigenvalue weighted by Gasteiger charge is 2.51. The molecule has 0 N–H and O–H groups in total. The Balaban J connectivity index is 2.43. The van der Waals surface area contributed by atoms with Gasteiger partial charge in [0.05, 0.1) is 21.1 Å². The van der Waals surface area contributed by atoms with Gasteiger partial charge in [0, 0.05) is 24.5 Å². The molecule has 0 amide bonds. The minimum Gasteiger partial charge on any atom is -0.465 e. The third kappa shape index (κ3) is 21.5. The molecule has 0 unspecified atom stereocenters. The van der Waals surface area contributed by atoms with Crippen molar-refractivity contribution in [3.05, 3.63) is 11.6 Å². The molecule has 1 heterocycles. The van der Waals surface area contributed by atoms with Crippen LogP contribution in [0.25, 0.3) is 0 Å². The lowest BCUT2D eigenvalue weighted by molar-refractivity contribution is -0.874. The van der Waals surface area contributed by atoms with Crippen molar-refractivity contribution < 1.29 is 18.8 Å². The van der Waals surface area contributed by atoms with E-state index in [0.717, 1.165) is 33.9 Å². The van der Waals surface area contributed by atoms with Crippen LogP contribution < -0.4 is 0 Å². The van der Waals surface area contributed by atoms with Gasteiger partial charge < -0.3 is 9.22 Å². The molecule has 262 valence electrons. The van der Waals surface area contributed by atoms with Gasteiger partial charge in [0.15, 0.2) is 11.6 Å². The van der Waals surface area contributed by atoms with Crippen molar-refractivity contribution in [2.45, 2.75) is 199 Å². The third-order valence-electron chi connectivity index (χ3n) is 9.31. The van der Waals surface area contributed by atoms with E-state index in [1.807, 2.05) is 11.6 Å². The molecule has 5 heteroatoms. The van der Waals surface area contributed by atoms with E-state index < -0.39 is 5.60 Å². The van der Waals surface area contributed by atoms with Gasteiger partial charge in [-0.05, 0) is 12.8 Å². The van der Waals surface area contributed by atoms with Crippen LogP contribution in [0.15, 0.2) is 11.6 Å². The summed E-state index contributed by atoms with van der Waals surface area (Å²) in [5.41, 5.74) is -1.36. The van der Waals surface area contributed by atoms with E-state index in [1.54, 1.807) is 0 Å². The average Bonchev–Trinajstić information content (AvgIpc) is 2.98. The van der Waals surface area contributed by atoms with Crippen molar-refractivity contribution in [1.29, 1.82) is 0 Å². The minimum atomic E-state index is -1.36. The van der Waals surface area contributed by atoms with Gasteiger partial charge in [-0.3, -0.25) is 9.59 Å². The number of Topliss-reactive ketones (excluding diaryl/α,β-unsaturated/α-hetero) is 2. The third-order valence-corrected chi connectivity index (χ3v) is 10.1. The van der Waals surface area contributed by atoms with Crippen LogP contribution >= 0.6 is 8.20 Å². The van der Waals surface area contributed by atoms with Gasteiger partial charge >= 0.3 is 0 Å². The first-order chi connectivity index (χ1) is 21.7. The first-order valence-corrected chi connectivity index (χ1v) is 20.6. The predicted octanol–water partition coefficient (Wildman–Crippen LogP) is 12.2. The summed E-state index contributed by atoms with van der Waals surface area (Å²) in [5.74, 6) is 4.65. The topological polar surface area (TPSA) is 43.4 Å². The van der Waals surface area contributed by atoms with Crippen LogP contribution in [-0.4, -0.2) is 55.1 Å². The number of hydrogen-bond donors (Lipinski definition) is 0. The van der Waals surface area contributed by atoms with Crippen molar-refractivity contribution in [1.82, 2.24) is 0 Å². The summed E-state index contributed by atoms with van der Waals surface area (Å²) in [6, 6.07) is 0. The molecule has 4 nitrogen and oxygen atoms in total. The first kappa shape index (κ1) is 42.0. The Hall–Kier alpha value is -0.990. The Morgan fingerprint density at radius 1 is 0.556 bits per heavy atom. The van der Waals surface area contributed by atoms with E-state index in [2.05, 4.69) is 35.0 Å². The SMILES string of the molecule is CCCCCCCCCCCCCCCC(=O)C(C[N+](C)(C)C)(OC1=CP=C1)C(=O)CCCCCCCCCCCCCCC. The van der Waals surface area contributed by atoms with Crippen LogP contribution in [-0.2, 0) is 14.3 Å². The Kier molecular flexibility index (Phi) is 25.2. The highest BCUT2D eigenvalue weighted by Crippen LogP contribution is 2.30. The number of quaternary nitrogens is 1. The fourth-order valence-corrected chi connectivity index (χ4v) is 6.92. The van der Waals surface area contributed by atoms with Gasteiger partial charge in [-0.15, -0.1) is 0 Å². The lowest BCUT2D eigenvalue weighted by Crippen LogP contribution is -2.60. The monoisotopic (exact) mass is 649 g/mol. The van der Waals surface area contributed by atoms with Gasteiger partial charge in [-0.2, -0.15) is 0 Å². The molecule has 1 aliphatic heterocycles. The van der Waals surface area contributed by atoms with Gasteiger partial charge in [-0.25, -0.2) is 0 Å². The fraction of sp³-hybridized carbons (Fsp3) is 0.875. The van der Waals surface area contributed by atoms with E-state index in [9.17, 15) is 9.59 Å². The summed E-state index contributed by atoms with van der Waals surface area (Å²) in [7, 11) is 7.28. The van der Waals surface area contributed by atoms with Gasteiger partial charge in [0.1, 0.15) is 12.3 Å². The molecule has 0 saturated carbocycles. The molecule has 1 aliphatic rings. The Labute approximate surface area is 282 Å². The summed E-state index contributed by atoms with van der Waals surface area (Å²) in [4.78, 5) is 27.8. The molecular weight excluding hydrogens is 573 g/mol. The van der Waals surface area contributed by atoms with Gasteiger partial charge in [0.25, 0.3) is 5.60 Å². The second-order valence-electron chi connectivity index (χ2n) is 15.0. The summed E-state index contributed by atoms with van der Waals surface area (Å²) in [6.07, 6.45) is 34.1. The number of unbranched alkanes of at least 4 members (excludes halogenated alkanes) is 24. The molecule has 0 aromatic heterocycles. The maximum atomic E-state index is 13.9. The molecule has 0 bridgehead atoms. The van der Waals surface area contributed by atoms with Crippen molar-refractivity contribution in [2.24, 2.45) is 0 Å². The first-order valence-electron chi connectivity index (χ1n) is 19.5. The van der Waals surface area contributed by atoms with E-state index in [-0.39, 0.29) is 11.6 Å². The number of hydrogen-bond acceptors (Lipinski definition) is 3. The van der Waals surface area contributed by atoms with E-state index in [0.29, 0.717) is 29.6 Å². The van der Waals surface area contributed by atoms with Crippen LogP contribution in [0.4, 0.5) is 0 Å². The maximum Gasteiger partial charge on any atom is 0.272 e. The minimum absolute atomic E-state index is 0.00353. The molecule has 45 heavy (non-hydrogen) atoms. The molecule has 0 aromatic rings. The largest absolute Gasteiger partial charge is 0.465 e. The number of rotatable bonds is 34. The number of nitrogens with zero attached hydrogens (tertiary/aromatic N) is 1. The normalized spacial score (nSPS) is 13.5. The number of ether oxygens (including phenoxy) is 1. The smallest absolute Gasteiger partial charge is 0.272 e. The van der Waals surface area contributed by atoms with Gasteiger partial charge in [0.2, 0.25) is 0 Å². The van der Waals surface area contributed by atoms with Crippen LogP contribution in [0.1, 0.15) is 194 Å². The molecule has 0 fully saturated rings. The van der Waals surface area contributed by atoms with Crippen molar-refractivity contribution in [3.8, 4) is 0 Å². The zero-order valence-electron chi connectivity index (χ0n) is 30.8. The number of likely N-dealkylation sites (N-methyl/N-ethyl adjacent to an activating group) is 1. The molecular formula is C40H75NO3P+. The zero-order chi connectivity index (χ0) is 33.1. The Morgan fingerprint density at radius 3 is 1.09 bits per heavy atom. The lowest BCUT2D eigenvalue weighted by Gasteiger charge is -2.38. The molecule has 0 atom stereocenters. The highest BCUT2D eigenvalue weighted by atomic mass is 31.1. The second kappa shape index (κ2) is 27.0. The van der Waals surface area contributed by atoms with E-state index in [4.69, 9.17) is 4.74 Å². The number of carbonyl (C=O) groups is 2. The van der Waals surface area contributed by atoms with Crippen molar-refractivity contribution in [2.75, 3.05) is 27.7 Å². The van der Waals surface area contributed by atoms with E-state index >= 15 is 0 Å². The molecule has 0 aliphatic carbocycles. The Bertz CT molecular complexity index is 771. The Morgan fingerprint density at radius 2 is 0.844 bits per heavy atom. The zero-order valence-corrected chi connectivity index (χ0v) is 31.7. The predicted molar refractivity (Wildman–Crippen MR) is 198 cm³/mol. The molecule has 0 saturated heterocycles. The molecule has 0 radical (unpaired) electrons. The summed E-state index contributed by atoms with van der Waals surface area (Å²) < 4.78 is 6.91. The average molecular weight is 649 g/mol. The number of carbonyl (C=O) groups excluding carboxylic acids is 2. The standard InChI is InChI=1S/C40H75NO3P/c1-6-8-10-12-14-16-18-20-22-24-26-28-30-32-38(42)40(36-41(3,4)5,44-37-34-45-35-37)39(43)33-31-29-27-25-23-21-19-17-15-13-11-9-7-2/h34-35H,6-33,36H2,1-5H3/q+1. The van der Waals surface area contributed by atoms with Crippen LogP contribution in [0.2, 0.25) is 0 Å². The highest BCUT2D eigenvalue weighted by molar-refractivity contribution is 7.45. The summed E-state index contributed by atoms with van der Waals surface area (Å²) in [6.45, 7) is 4.94.